The third-order valence-electron chi connectivity index (χ3n) is 2.34. The first kappa shape index (κ1) is 14.2. The predicted molar refractivity (Wildman–Crippen MR) is 66.8 cm³/mol. The maximum Gasteiger partial charge on any atom is 0.169 e. The zero-order chi connectivity index (χ0) is 12.5. The van der Waals surface area contributed by atoms with Crippen molar-refractivity contribution in [3.63, 3.8) is 0 Å². The van der Waals surface area contributed by atoms with Crippen LogP contribution in [0.15, 0.2) is 12.3 Å². The fourth-order valence-corrected chi connectivity index (χ4v) is 1.57. The minimum absolute atomic E-state index is 0.145. The Balaban J connectivity index is 2.13. The molecule has 1 heterocycles. The molecule has 0 aromatic carbocycles. The van der Waals surface area contributed by atoms with Crippen LogP contribution in [0, 0.1) is 0 Å². The van der Waals surface area contributed by atoms with Gasteiger partial charge in [-0.1, -0.05) is 0 Å². The Morgan fingerprint density at radius 1 is 1.35 bits per heavy atom. The van der Waals surface area contributed by atoms with E-state index >= 15 is 0 Å². The summed E-state index contributed by atoms with van der Waals surface area (Å²) in [6.07, 6.45) is 2.73. The fraction of sp³-hybridized carbons (Fsp3) is 0.750. The maximum atomic E-state index is 5.43. The van der Waals surface area contributed by atoms with Crippen LogP contribution in [0.3, 0.4) is 0 Å². The molecule has 5 heteroatoms. The lowest BCUT2D eigenvalue weighted by atomic mass is 10.3. The van der Waals surface area contributed by atoms with E-state index < -0.39 is 0 Å². The summed E-state index contributed by atoms with van der Waals surface area (Å²) in [6, 6.07) is 2.03. The van der Waals surface area contributed by atoms with Gasteiger partial charge in [-0.25, -0.2) is 0 Å². The normalized spacial score (nSPS) is 11.3. The molecule has 0 aliphatic heterocycles. The van der Waals surface area contributed by atoms with Gasteiger partial charge >= 0.3 is 0 Å². The van der Waals surface area contributed by atoms with E-state index in [0.717, 1.165) is 18.7 Å². The van der Waals surface area contributed by atoms with E-state index in [2.05, 4.69) is 10.4 Å². The lowest BCUT2D eigenvalue weighted by molar-refractivity contribution is -0.132. The summed E-state index contributed by atoms with van der Waals surface area (Å²) >= 11 is 0. The smallest absolute Gasteiger partial charge is 0.169 e. The average Bonchev–Trinajstić information content (AvgIpc) is 2.71. The molecule has 0 bridgehead atoms. The molecule has 0 aliphatic rings. The number of hydrogen-bond donors (Lipinski definition) is 1. The standard InChI is InChI=1S/C12H23N3O2/c1-4-16-12(17-5-2)10-13-8-6-11-7-9-15(3)14-11/h7,9,12-13H,4-6,8,10H2,1-3H3. The van der Waals surface area contributed by atoms with E-state index in [-0.39, 0.29) is 6.29 Å². The van der Waals surface area contributed by atoms with Crippen molar-refractivity contribution in [1.29, 1.82) is 0 Å². The summed E-state index contributed by atoms with van der Waals surface area (Å²) in [5.74, 6) is 0. The molecule has 0 fully saturated rings. The number of hydrogen-bond acceptors (Lipinski definition) is 4. The van der Waals surface area contributed by atoms with Gasteiger partial charge in [0.15, 0.2) is 6.29 Å². The highest BCUT2D eigenvalue weighted by Gasteiger charge is 2.06. The third kappa shape index (κ3) is 5.81. The Morgan fingerprint density at radius 2 is 2.06 bits per heavy atom. The van der Waals surface area contributed by atoms with E-state index in [0.29, 0.717) is 19.8 Å². The second-order valence-electron chi connectivity index (χ2n) is 3.78. The summed E-state index contributed by atoms with van der Waals surface area (Å²) in [6.45, 7) is 6.89. The Bertz CT molecular complexity index is 296. The zero-order valence-electron chi connectivity index (χ0n) is 11.0. The number of nitrogens with zero attached hydrogens (tertiary/aromatic N) is 2. The van der Waals surface area contributed by atoms with Crippen LogP contribution in [0.4, 0.5) is 0 Å². The van der Waals surface area contributed by atoms with Crippen LogP contribution in [0.5, 0.6) is 0 Å². The van der Waals surface area contributed by atoms with Gasteiger partial charge in [0.05, 0.1) is 5.69 Å². The molecule has 0 amide bonds. The summed E-state index contributed by atoms with van der Waals surface area (Å²) in [5, 5.41) is 7.63. The minimum Gasteiger partial charge on any atom is -0.352 e. The van der Waals surface area contributed by atoms with E-state index in [4.69, 9.17) is 9.47 Å². The Morgan fingerprint density at radius 3 is 2.59 bits per heavy atom. The van der Waals surface area contributed by atoms with Gasteiger partial charge < -0.3 is 14.8 Å². The monoisotopic (exact) mass is 241 g/mol. The number of rotatable bonds is 9. The molecule has 1 N–H and O–H groups in total. The van der Waals surface area contributed by atoms with E-state index in [1.165, 1.54) is 0 Å². The van der Waals surface area contributed by atoms with Crippen molar-refractivity contribution in [3.05, 3.63) is 18.0 Å². The van der Waals surface area contributed by atoms with Crippen LogP contribution >= 0.6 is 0 Å². The van der Waals surface area contributed by atoms with E-state index in [9.17, 15) is 0 Å². The molecule has 1 aromatic heterocycles. The predicted octanol–water partition coefficient (Wildman–Crippen LogP) is 0.951. The summed E-state index contributed by atoms with van der Waals surface area (Å²) in [5.41, 5.74) is 1.10. The largest absolute Gasteiger partial charge is 0.352 e. The van der Waals surface area contributed by atoms with Gasteiger partial charge in [0.1, 0.15) is 0 Å². The van der Waals surface area contributed by atoms with Crippen molar-refractivity contribution in [2.75, 3.05) is 26.3 Å². The van der Waals surface area contributed by atoms with Gasteiger partial charge in [0.2, 0.25) is 0 Å². The lowest BCUT2D eigenvalue weighted by Crippen LogP contribution is -2.32. The van der Waals surface area contributed by atoms with Crippen molar-refractivity contribution in [2.45, 2.75) is 26.6 Å². The maximum absolute atomic E-state index is 5.43. The molecule has 0 radical (unpaired) electrons. The molecule has 0 atom stereocenters. The van der Waals surface area contributed by atoms with E-state index in [1.54, 1.807) is 0 Å². The number of aromatic nitrogens is 2. The lowest BCUT2D eigenvalue weighted by Gasteiger charge is -2.17. The number of ether oxygens (including phenoxy) is 2. The van der Waals surface area contributed by atoms with Gasteiger partial charge in [-0.2, -0.15) is 5.10 Å². The van der Waals surface area contributed by atoms with Crippen molar-refractivity contribution < 1.29 is 9.47 Å². The fourth-order valence-electron chi connectivity index (χ4n) is 1.57. The first-order chi connectivity index (χ1) is 8.26. The highest BCUT2D eigenvalue weighted by atomic mass is 16.7. The Kier molecular flexibility index (Phi) is 6.84. The molecule has 0 saturated carbocycles. The number of nitrogens with one attached hydrogen (secondary N) is 1. The van der Waals surface area contributed by atoms with Crippen molar-refractivity contribution in [2.24, 2.45) is 7.05 Å². The molecule has 0 unspecified atom stereocenters. The van der Waals surface area contributed by atoms with E-state index in [1.807, 2.05) is 37.8 Å². The van der Waals surface area contributed by atoms with Gasteiger partial charge in [-0.05, 0) is 19.9 Å². The molecule has 5 nitrogen and oxygen atoms in total. The molecule has 17 heavy (non-hydrogen) atoms. The topological polar surface area (TPSA) is 48.3 Å². The highest BCUT2D eigenvalue weighted by molar-refractivity contribution is 4.98. The molecular weight excluding hydrogens is 218 g/mol. The number of aryl methyl sites for hydroxylation is 1. The van der Waals surface area contributed by atoms with Crippen LogP contribution in [0.1, 0.15) is 19.5 Å². The second kappa shape index (κ2) is 8.22. The van der Waals surface area contributed by atoms with Crippen molar-refractivity contribution in [3.8, 4) is 0 Å². The molecule has 0 saturated heterocycles. The molecule has 0 spiro atoms. The molecule has 0 aliphatic carbocycles. The average molecular weight is 241 g/mol. The van der Waals surface area contributed by atoms with Gasteiger partial charge in [0, 0.05) is 46.0 Å². The Labute approximate surface area is 103 Å². The van der Waals surface area contributed by atoms with Crippen LogP contribution in [-0.4, -0.2) is 42.4 Å². The van der Waals surface area contributed by atoms with Gasteiger partial charge in [-0.15, -0.1) is 0 Å². The summed E-state index contributed by atoms with van der Waals surface area (Å²) < 4.78 is 12.7. The van der Waals surface area contributed by atoms with Crippen LogP contribution < -0.4 is 5.32 Å². The van der Waals surface area contributed by atoms with Crippen LogP contribution in [0.2, 0.25) is 0 Å². The molecule has 1 aromatic rings. The summed E-state index contributed by atoms with van der Waals surface area (Å²) in [4.78, 5) is 0. The van der Waals surface area contributed by atoms with Crippen molar-refractivity contribution >= 4 is 0 Å². The van der Waals surface area contributed by atoms with Gasteiger partial charge in [-0.3, -0.25) is 4.68 Å². The van der Waals surface area contributed by atoms with Crippen LogP contribution in [0.25, 0.3) is 0 Å². The highest BCUT2D eigenvalue weighted by Crippen LogP contribution is 1.96. The molecular formula is C12H23N3O2. The SMILES string of the molecule is CCOC(CNCCc1ccn(C)n1)OCC. The Hall–Kier alpha value is -0.910. The first-order valence-corrected chi connectivity index (χ1v) is 6.18. The minimum atomic E-state index is -0.145. The zero-order valence-corrected chi connectivity index (χ0v) is 11.0. The summed E-state index contributed by atoms with van der Waals surface area (Å²) in [7, 11) is 1.93. The molecule has 1 rings (SSSR count). The third-order valence-corrected chi connectivity index (χ3v) is 2.34. The quantitative estimate of drug-likeness (QED) is 0.516. The molecule has 98 valence electrons. The first-order valence-electron chi connectivity index (χ1n) is 6.18. The van der Waals surface area contributed by atoms with Crippen molar-refractivity contribution in [1.82, 2.24) is 15.1 Å². The second-order valence-corrected chi connectivity index (χ2v) is 3.78. The van der Waals surface area contributed by atoms with Crippen LogP contribution in [-0.2, 0) is 22.9 Å². The van der Waals surface area contributed by atoms with Gasteiger partial charge in [0.25, 0.3) is 0 Å².